The molecule has 0 fully saturated rings. The summed E-state index contributed by atoms with van der Waals surface area (Å²) in [7, 11) is 1.30. The first-order chi connectivity index (χ1) is 14.2. The molecule has 0 bridgehead atoms. The predicted molar refractivity (Wildman–Crippen MR) is 107 cm³/mol. The largest absolute Gasteiger partial charge is 0.490 e. The molecule has 1 aromatic carbocycles. The number of pyridine rings is 1. The van der Waals surface area contributed by atoms with Crippen LogP contribution in [0.1, 0.15) is 28.8 Å². The van der Waals surface area contributed by atoms with Gasteiger partial charge in [0.2, 0.25) is 5.76 Å². The number of aromatic nitrogens is 1. The van der Waals surface area contributed by atoms with Gasteiger partial charge in [-0.1, -0.05) is 6.07 Å². The highest BCUT2D eigenvalue weighted by Crippen LogP contribution is 2.29. The number of furan rings is 1. The zero-order valence-electron chi connectivity index (χ0n) is 16.1. The Morgan fingerprint density at radius 3 is 2.83 bits per heavy atom. The van der Waals surface area contributed by atoms with E-state index in [4.69, 9.17) is 13.9 Å². The summed E-state index contributed by atoms with van der Waals surface area (Å²) in [4.78, 5) is 15.6. The van der Waals surface area contributed by atoms with Crippen molar-refractivity contribution < 1.29 is 23.4 Å². The summed E-state index contributed by atoms with van der Waals surface area (Å²) < 4.78 is 21.5. The number of rotatable bonds is 9. The van der Waals surface area contributed by atoms with Crippen molar-refractivity contribution in [2.45, 2.75) is 13.5 Å². The second-order valence-electron chi connectivity index (χ2n) is 5.77. The van der Waals surface area contributed by atoms with Gasteiger partial charge in [-0.2, -0.15) is 5.10 Å². The first kappa shape index (κ1) is 19.9. The Labute approximate surface area is 168 Å². The molecule has 3 aromatic rings. The SMILES string of the molecule is CCOc1cc(/C=N\Nc2ccccn2)ccc1OCc1ccc(C(=O)OC)o1. The van der Waals surface area contributed by atoms with Gasteiger partial charge >= 0.3 is 5.97 Å². The van der Waals surface area contributed by atoms with E-state index < -0.39 is 5.97 Å². The van der Waals surface area contributed by atoms with Gasteiger partial charge in [0.25, 0.3) is 0 Å². The van der Waals surface area contributed by atoms with Crippen molar-refractivity contribution in [1.82, 2.24) is 4.98 Å². The Hall–Kier alpha value is -3.81. The van der Waals surface area contributed by atoms with E-state index in [1.807, 2.05) is 37.3 Å². The Morgan fingerprint density at radius 2 is 2.07 bits per heavy atom. The molecule has 1 N–H and O–H groups in total. The summed E-state index contributed by atoms with van der Waals surface area (Å²) in [5.41, 5.74) is 3.69. The van der Waals surface area contributed by atoms with Crippen LogP contribution in [0.2, 0.25) is 0 Å². The van der Waals surface area contributed by atoms with Crippen molar-refractivity contribution in [3.8, 4) is 11.5 Å². The lowest BCUT2D eigenvalue weighted by Gasteiger charge is -2.11. The summed E-state index contributed by atoms with van der Waals surface area (Å²) in [6.07, 6.45) is 3.35. The minimum atomic E-state index is -0.533. The van der Waals surface area contributed by atoms with Crippen LogP contribution in [0.3, 0.4) is 0 Å². The number of carbonyl (C=O) groups excluding carboxylic acids is 1. The van der Waals surface area contributed by atoms with Gasteiger partial charge in [-0.3, -0.25) is 5.43 Å². The molecule has 0 saturated carbocycles. The van der Waals surface area contributed by atoms with Crippen LogP contribution in [0, 0.1) is 0 Å². The summed E-state index contributed by atoms with van der Waals surface area (Å²) >= 11 is 0. The van der Waals surface area contributed by atoms with E-state index in [0.29, 0.717) is 29.7 Å². The number of anilines is 1. The van der Waals surface area contributed by atoms with Crippen molar-refractivity contribution in [1.29, 1.82) is 0 Å². The second-order valence-corrected chi connectivity index (χ2v) is 5.77. The van der Waals surface area contributed by atoms with E-state index in [1.54, 1.807) is 30.6 Å². The number of carbonyl (C=O) groups is 1. The highest BCUT2D eigenvalue weighted by atomic mass is 16.5. The number of benzene rings is 1. The fraction of sp³-hybridized carbons (Fsp3) is 0.190. The van der Waals surface area contributed by atoms with Crippen molar-refractivity contribution in [2.24, 2.45) is 5.10 Å². The lowest BCUT2D eigenvalue weighted by atomic mass is 10.2. The molecule has 0 unspecified atom stereocenters. The smallest absolute Gasteiger partial charge is 0.373 e. The number of ether oxygens (including phenoxy) is 3. The van der Waals surface area contributed by atoms with Gasteiger partial charge in [0.1, 0.15) is 18.2 Å². The normalized spacial score (nSPS) is 10.7. The lowest BCUT2D eigenvalue weighted by molar-refractivity contribution is 0.0561. The van der Waals surface area contributed by atoms with E-state index in [2.05, 4.69) is 20.2 Å². The third-order valence-corrected chi connectivity index (χ3v) is 3.74. The molecule has 0 amide bonds. The highest BCUT2D eigenvalue weighted by Gasteiger charge is 2.12. The minimum absolute atomic E-state index is 0.128. The van der Waals surface area contributed by atoms with Gasteiger partial charge in [-0.05, 0) is 55.0 Å². The molecule has 0 radical (unpaired) electrons. The number of hydrogen-bond acceptors (Lipinski definition) is 8. The lowest BCUT2D eigenvalue weighted by Crippen LogP contribution is -2.01. The van der Waals surface area contributed by atoms with Gasteiger partial charge in [0.05, 0.1) is 19.9 Å². The van der Waals surface area contributed by atoms with Crippen LogP contribution in [-0.4, -0.2) is 30.9 Å². The molecule has 0 spiro atoms. The number of nitrogens with zero attached hydrogens (tertiary/aromatic N) is 2. The molecule has 8 nitrogen and oxygen atoms in total. The molecule has 8 heteroatoms. The van der Waals surface area contributed by atoms with E-state index in [0.717, 1.165) is 5.56 Å². The van der Waals surface area contributed by atoms with Crippen LogP contribution in [-0.2, 0) is 11.3 Å². The highest BCUT2D eigenvalue weighted by molar-refractivity contribution is 5.86. The number of hydrazone groups is 1. The molecule has 2 heterocycles. The number of hydrogen-bond donors (Lipinski definition) is 1. The van der Waals surface area contributed by atoms with Crippen LogP contribution < -0.4 is 14.9 Å². The van der Waals surface area contributed by atoms with Gasteiger partial charge in [-0.25, -0.2) is 9.78 Å². The fourth-order valence-corrected chi connectivity index (χ4v) is 2.41. The fourth-order valence-electron chi connectivity index (χ4n) is 2.41. The quantitative estimate of drug-likeness (QED) is 0.334. The summed E-state index contributed by atoms with van der Waals surface area (Å²) in [5, 5.41) is 4.17. The van der Waals surface area contributed by atoms with Crippen LogP contribution in [0.25, 0.3) is 0 Å². The summed E-state index contributed by atoms with van der Waals surface area (Å²) in [5.74, 6) is 1.88. The average molecular weight is 395 g/mol. The Bertz CT molecular complexity index is 969. The van der Waals surface area contributed by atoms with Crippen LogP contribution in [0.5, 0.6) is 11.5 Å². The van der Waals surface area contributed by atoms with Crippen molar-refractivity contribution in [3.05, 3.63) is 71.8 Å². The van der Waals surface area contributed by atoms with Crippen molar-refractivity contribution in [2.75, 3.05) is 19.1 Å². The summed E-state index contributed by atoms with van der Waals surface area (Å²) in [6.45, 7) is 2.52. The molecule has 3 rings (SSSR count). The first-order valence-electron chi connectivity index (χ1n) is 8.96. The molecule has 0 aliphatic carbocycles. The third kappa shape index (κ3) is 5.58. The van der Waals surface area contributed by atoms with Gasteiger partial charge < -0.3 is 18.6 Å². The molecule has 0 saturated heterocycles. The van der Waals surface area contributed by atoms with Crippen LogP contribution in [0.4, 0.5) is 5.82 Å². The molecule has 0 aliphatic heterocycles. The Morgan fingerprint density at radius 1 is 1.17 bits per heavy atom. The van der Waals surface area contributed by atoms with Crippen LogP contribution >= 0.6 is 0 Å². The van der Waals surface area contributed by atoms with Gasteiger partial charge in [0.15, 0.2) is 11.5 Å². The van der Waals surface area contributed by atoms with E-state index in [9.17, 15) is 4.79 Å². The van der Waals surface area contributed by atoms with Crippen molar-refractivity contribution >= 4 is 18.0 Å². The number of nitrogens with one attached hydrogen (secondary N) is 1. The van der Waals surface area contributed by atoms with Crippen LogP contribution in [0.15, 0.2) is 64.2 Å². The molecule has 0 atom stereocenters. The monoisotopic (exact) mass is 395 g/mol. The molecular weight excluding hydrogens is 374 g/mol. The summed E-state index contributed by atoms with van der Waals surface area (Å²) in [6, 6.07) is 14.2. The van der Waals surface area contributed by atoms with Crippen molar-refractivity contribution in [3.63, 3.8) is 0 Å². The topological polar surface area (TPSA) is 95.2 Å². The van der Waals surface area contributed by atoms with Gasteiger partial charge in [0, 0.05) is 6.20 Å². The average Bonchev–Trinajstić information content (AvgIpc) is 3.23. The minimum Gasteiger partial charge on any atom is -0.490 e. The maximum atomic E-state index is 11.5. The second kappa shape index (κ2) is 9.93. The molecule has 29 heavy (non-hydrogen) atoms. The molecule has 2 aromatic heterocycles. The molecule has 150 valence electrons. The predicted octanol–water partition coefficient (Wildman–Crippen LogP) is 3.88. The first-order valence-corrected chi connectivity index (χ1v) is 8.96. The van der Waals surface area contributed by atoms with E-state index in [1.165, 1.54) is 7.11 Å². The maximum Gasteiger partial charge on any atom is 0.373 e. The standard InChI is InChI=1S/C21H21N3O5/c1-3-27-19-12-15(13-23-24-20-6-4-5-11-22-20)7-9-17(19)28-14-16-8-10-18(29-16)21(25)26-2/h4-13H,3,14H2,1-2H3,(H,22,24)/b23-13-. The molecule has 0 aliphatic rings. The Kier molecular flexibility index (Phi) is 6.83. The third-order valence-electron chi connectivity index (χ3n) is 3.74. The Balaban J connectivity index is 1.65. The number of esters is 1. The number of methoxy groups -OCH3 is 1. The van der Waals surface area contributed by atoms with Gasteiger partial charge in [-0.15, -0.1) is 0 Å². The van der Waals surface area contributed by atoms with E-state index >= 15 is 0 Å². The zero-order chi connectivity index (χ0) is 20.5. The zero-order valence-corrected chi connectivity index (χ0v) is 16.1. The maximum absolute atomic E-state index is 11.5. The van der Waals surface area contributed by atoms with E-state index in [-0.39, 0.29) is 12.4 Å². The molecular formula is C21H21N3O5.